The number of hydrogen-bond donors (Lipinski definition) is 2. The molecule has 0 saturated carbocycles. The number of aryl methyl sites for hydroxylation is 1. The number of rotatable bonds is 12. The van der Waals surface area contributed by atoms with Gasteiger partial charge in [-0.2, -0.15) is 0 Å². The second-order valence-corrected chi connectivity index (χ2v) is 11.8. The van der Waals surface area contributed by atoms with Crippen molar-refractivity contribution in [2.45, 2.75) is 71.2 Å². The number of benzene rings is 2. The van der Waals surface area contributed by atoms with Crippen molar-refractivity contribution in [1.29, 1.82) is 0 Å². The maximum atomic E-state index is 13.8. The molecule has 2 heterocycles. The fourth-order valence-electron chi connectivity index (χ4n) is 5.08. The van der Waals surface area contributed by atoms with Crippen LogP contribution in [0.3, 0.4) is 0 Å². The predicted octanol–water partition coefficient (Wildman–Crippen LogP) is 4.20. The minimum atomic E-state index is -1.17. The van der Waals surface area contributed by atoms with Gasteiger partial charge >= 0.3 is 0 Å². The fraction of sp³-hybridized carbons (Fsp3) is 0.412. The molecule has 4 rings (SSSR count). The maximum Gasteiger partial charge on any atom is 0.250 e. The first kappa shape index (κ1) is 31.8. The number of hydrogen-bond acceptors (Lipinski definition) is 6. The van der Waals surface area contributed by atoms with Crippen LogP contribution in [0.15, 0.2) is 73.2 Å². The first-order valence-electron chi connectivity index (χ1n) is 14.9. The molecule has 3 N–H and O–H groups in total. The molecule has 0 bridgehead atoms. The van der Waals surface area contributed by atoms with E-state index in [1.54, 1.807) is 33.3 Å². The summed E-state index contributed by atoms with van der Waals surface area (Å²) in [7, 11) is 0. The first-order valence-corrected chi connectivity index (χ1v) is 14.9. The molecule has 3 aromatic rings. The van der Waals surface area contributed by atoms with E-state index >= 15 is 0 Å². The molecule has 1 saturated heterocycles. The number of likely N-dealkylation sites (tertiary alicyclic amines) is 1. The van der Waals surface area contributed by atoms with Crippen LogP contribution in [0.5, 0.6) is 0 Å². The molecule has 0 aliphatic carbocycles. The summed E-state index contributed by atoms with van der Waals surface area (Å²) in [5.41, 5.74) is 8.88. The summed E-state index contributed by atoms with van der Waals surface area (Å²) in [6.45, 7) is 8.72. The van der Waals surface area contributed by atoms with Crippen molar-refractivity contribution in [2.75, 3.05) is 19.7 Å². The molecule has 0 radical (unpaired) electrons. The van der Waals surface area contributed by atoms with Gasteiger partial charge in [-0.25, -0.2) is 4.98 Å². The summed E-state index contributed by atoms with van der Waals surface area (Å²) in [6, 6.07) is 16.0. The molecule has 0 spiro atoms. The van der Waals surface area contributed by atoms with Crippen LogP contribution in [0.2, 0.25) is 0 Å². The summed E-state index contributed by atoms with van der Waals surface area (Å²) in [6.07, 6.45) is 8.05. The number of nitrogens with two attached hydrogens (primary N) is 1. The van der Waals surface area contributed by atoms with E-state index in [0.717, 1.165) is 49.0 Å². The molecule has 2 atom stereocenters. The second kappa shape index (κ2) is 14.4. The Morgan fingerprint density at radius 2 is 1.72 bits per heavy atom. The minimum absolute atomic E-state index is 0.0204. The zero-order valence-electron chi connectivity index (χ0n) is 25.6. The summed E-state index contributed by atoms with van der Waals surface area (Å²) < 4.78 is 7.65. The van der Waals surface area contributed by atoms with E-state index in [2.05, 4.69) is 10.3 Å². The number of carbonyl (C=O) groups is 3. The smallest absolute Gasteiger partial charge is 0.250 e. The van der Waals surface area contributed by atoms with Gasteiger partial charge in [0, 0.05) is 19.3 Å². The first-order chi connectivity index (χ1) is 20.5. The molecule has 2 aromatic carbocycles. The zero-order chi connectivity index (χ0) is 31.0. The second-order valence-electron chi connectivity index (χ2n) is 11.8. The van der Waals surface area contributed by atoms with E-state index in [9.17, 15) is 14.4 Å². The van der Waals surface area contributed by atoms with Crippen molar-refractivity contribution in [1.82, 2.24) is 19.8 Å². The molecular weight excluding hydrogens is 542 g/mol. The number of nitrogens with one attached hydrogen (secondary N) is 1. The van der Waals surface area contributed by atoms with Gasteiger partial charge in [-0.15, -0.1) is 0 Å². The van der Waals surface area contributed by atoms with Crippen LogP contribution in [-0.2, 0) is 25.7 Å². The Labute approximate surface area is 254 Å². The quantitative estimate of drug-likeness (QED) is 0.308. The van der Waals surface area contributed by atoms with E-state index in [1.807, 2.05) is 71.0 Å². The van der Waals surface area contributed by atoms with Crippen molar-refractivity contribution in [2.24, 2.45) is 5.73 Å². The Morgan fingerprint density at radius 1 is 1.05 bits per heavy atom. The Morgan fingerprint density at radius 3 is 2.40 bits per heavy atom. The third-order valence-corrected chi connectivity index (χ3v) is 7.68. The van der Waals surface area contributed by atoms with Gasteiger partial charge in [-0.1, -0.05) is 54.6 Å². The van der Waals surface area contributed by atoms with Crippen LogP contribution in [0, 0.1) is 6.92 Å². The Kier molecular flexibility index (Phi) is 10.7. The lowest BCUT2D eigenvalue weighted by Gasteiger charge is -2.31. The number of aromatic nitrogens is 2. The maximum absolute atomic E-state index is 13.8. The van der Waals surface area contributed by atoms with E-state index in [4.69, 9.17) is 10.5 Å². The van der Waals surface area contributed by atoms with Gasteiger partial charge in [0.1, 0.15) is 12.1 Å². The number of ether oxygens (including phenoxy) is 1. The lowest BCUT2D eigenvalue weighted by molar-refractivity contribution is -0.134. The highest BCUT2D eigenvalue weighted by Crippen LogP contribution is 2.27. The van der Waals surface area contributed by atoms with Crippen LogP contribution < -0.4 is 11.1 Å². The molecular formula is C34H43N5O4. The van der Waals surface area contributed by atoms with E-state index < -0.39 is 23.5 Å². The van der Waals surface area contributed by atoms with Crippen LogP contribution >= 0.6 is 0 Å². The molecule has 1 fully saturated rings. The Hall–Kier alpha value is -4.08. The molecule has 228 valence electrons. The predicted molar refractivity (Wildman–Crippen MR) is 167 cm³/mol. The summed E-state index contributed by atoms with van der Waals surface area (Å²) >= 11 is 0. The average molecular weight is 586 g/mol. The SMILES string of the molecule is C/C(=C\C(=O)[C@@H](COCc1ccccc1)NC(=O)C(C)(C)N)c1cn(C(C(=O)N2CCCCC2)c2ccccc2C)cn1. The van der Waals surface area contributed by atoms with Crippen LogP contribution in [-0.4, -0.2) is 63.3 Å². The molecule has 9 nitrogen and oxygen atoms in total. The minimum Gasteiger partial charge on any atom is -0.374 e. The number of piperidine rings is 1. The van der Waals surface area contributed by atoms with Gasteiger partial charge in [-0.3, -0.25) is 14.4 Å². The van der Waals surface area contributed by atoms with Gasteiger partial charge in [-0.05, 0) is 75.3 Å². The Balaban J connectivity index is 1.56. The highest BCUT2D eigenvalue weighted by atomic mass is 16.5. The van der Waals surface area contributed by atoms with Crippen molar-refractivity contribution < 1.29 is 19.1 Å². The van der Waals surface area contributed by atoms with E-state index in [0.29, 0.717) is 17.9 Å². The zero-order valence-corrected chi connectivity index (χ0v) is 25.6. The van der Waals surface area contributed by atoms with Gasteiger partial charge in [0.2, 0.25) is 11.8 Å². The number of nitrogens with zero attached hydrogens (tertiary/aromatic N) is 3. The summed E-state index contributed by atoms with van der Waals surface area (Å²) in [4.78, 5) is 46.5. The fourth-order valence-corrected chi connectivity index (χ4v) is 5.08. The standard InChI is InChI=1S/C34H43N5O4/c1-24-13-9-10-16-27(24)31(32(41)38-17-11-6-12-18-38)39-20-28(36-23-39)25(2)19-30(40)29(37-33(42)34(3,4)35)22-43-21-26-14-7-5-8-15-26/h5,7-10,13-16,19-20,23,29,31H,6,11-12,17-18,21-22,35H2,1-4H3,(H,37,42)/b25-19+/t29-,31?/m1/s1. The van der Waals surface area contributed by atoms with Crippen molar-refractivity contribution >= 4 is 23.2 Å². The van der Waals surface area contributed by atoms with Crippen LogP contribution in [0.1, 0.15) is 68.5 Å². The molecule has 43 heavy (non-hydrogen) atoms. The lowest BCUT2D eigenvalue weighted by Crippen LogP contribution is -2.55. The third kappa shape index (κ3) is 8.49. The van der Waals surface area contributed by atoms with Gasteiger partial charge in [0.05, 0.1) is 30.8 Å². The topological polar surface area (TPSA) is 120 Å². The molecule has 1 aromatic heterocycles. The van der Waals surface area contributed by atoms with Gasteiger partial charge < -0.3 is 25.3 Å². The van der Waals surface area contributed by atoms with Crippen LogP contribution in [0.25, 0.3) is 5.57 Å². The highest BCUT2D eigenvalue weighted by Gasteiger charge is 2.30. The number of amides is 2. The van der Waals surface area contributed by atoms with Gasteiger partial charge in [0.15, 0.2) is 5.78 Å². The third-order valence-electron chi connectivity index (χ3n) is 7.68. The van der Waals surface area contributed by atoms with E-state index in [1.165, 1.54) is 6.08 Å². The van der Waals surface area contributed by atoms with Crippen molar-refractivity contribution in [3.05, 3.63) is 95.6 Å². The molecule has 1 aliphatic heterocycles. The number of allylic oxidation sites excluding steroid dienone is 1. The summed E-state index contributed by atoms with van der Waals surface area (Å²) in [5.74, 6) is -0.752. The number of carbonyl (C=O) groups excluding carboxylic acids is 3. The lowest BCUT2D eigenvalue weighted by atomic mass is 9.99. The summed E-state index contributed by atoms with van der Waals surface area (Å²) in [5, 5.41) is 2.74. The average Bonchev–Trinajstić information content (AvgIpc) is 3.48. The van der Waals surface area contributed by atoms with Crippen molar-refractivity contribution in [3.8, 4) is 0 Å². The van der Waals surface area contributed by atoms with E-state index in [-0.39, 0.29) is 18.3 Å². The number of imidazole rings is 1. The highest BCUT2D eigenvalue weighted by molar-refractivity contribution is 6.02. The molecule has 1 aliphatic rings. The Bertz CT molecular complexity index is 1430. The normalized spacial score (nSPS) is 15.6. The molecule has 1 unspecified atom stereocenters. The molecule has 2 amide bonds. The number of ketones is 1. The van der Waals surface area contributed by atoms with Crippen LogP contribution in [0.4, 0.5) is 0 Å². The van der Waals surface area contributed by atoms with Gasteiger partial charge in [0.25, 0.3) is 0 Å². The monoisotopic (exact) mass is 585 g/mol. The van der Waals surface area contributed by atoms with Crippen molar-refractivity contribution in [3.63, 3.8) is 0 Å². The molecule has 9 heteroatoms. The largest absolute Gasteiger partial charge is 0.374 e.